The van der Waals surface area contributed by atoms with E-state index in [2.05, 4.69) is 25.5 Å². The molecule has 3 rings (SSSR count). The molecule has 1 amide bonds. The van der Waals surface area contributed by atoms with E-state index in [1.165, 1.54) is 4.80 Å². The van der Waals surface area contributed by atoms with E-state index in [9.17, 15) is 4.79 Å². The molecular formula is C14H16N6O. The van der Waals surface area contributed by atoms with Crippen molar-refractivity contribution in [1.29, 1.82) is 0 Å². The maximum atomic E-state index is 12.0. The third-order valence-corrected chi connectivity index (χ3v) is 3.12. The Bertz CT molecular complexity index is 741. The first-order valence-electron chi connectivity index (χ1n) is 6.72. The minimum absolute atomic E-state index is 0.0821. The number of hydrogen-bond donors (Lipinski definition) is 2. The van der Waals surface area contributed by atoms with Crippen LogP contribution in [0, 0.1) is 6.92 Å². The van der Waals surface area contributed by atoms with E-state index in [1.807, 2.05) is 38.1 Å². The van der Waals surface area contributed by atoms with Gasteiger partial charge in [0, 0.05) is 11.9 Å². The molecule has 0 saturated carbocycles. The number of carbonyl (C=O) groups excluding carboxylic acids is 1. The van der Waals surface area contributed by atoms with Gasteiger partial charge in [-0.25, -0.2) is 4.98 Å². The number of hydrogen-bond acceptors (Lipinski definition) is 4. The summed E-state index contributed by atoms with van der Waals surface area (Å²) in [5.74, 6) is 0.580. The summed E-state index contributed by atoms with van der Waals surface area (Å²) >= 11 is 0. The lowest BCUT2D eigenvalue weighted by atomic mass is 10.3. The topological polar surface area (TPSA) is 88.5 Å². The van der Waals surface area contributed by atoms with Crippen LogP contribution in [0.1, 0.15) is 24.5 Å². The van der Waals surface area contributed by atoms with Gasteiger partial charge in [-0.1, -0.05) is 12.1 Å². The fraction of sp³-hybridized carbons (Fsp3) is 0.286. The van der Waals surface area contributed by atoms with Crippen molar-refractivity contribution in [3.05, 3.63) is 42.0 Å². The van der Waals surface area contributed by atoms with Gasteiger partial charge < -0.3 is 10.3 Å². The first-order valence-corrected chi connectivity index (χ1v) is 6.72. The Morgan fingerprint density at radius 1 is 1.33 bits per heavy atom. The standard InChI is InChI=1S/C14H16N6O/c1-9-7-15-14(16-9)10(2)17-13(21)8-20-18-11-5-3-4-6-12(11)19-20/h3-7,10H,8H2,1-2H3,(H,15,16)(H,17,21)/t10-/m1/s1. The van der Waals surface area contributed by atoms with E-state index in [0.717, 1.165) is 22.6 Å². The Morgan fingerprint density at radius 3 is 2.57 bits per heavy atom. The maximum Gasteiger partial charge on any atom is 0.244 e. The van der Waals surface area contributed by atoms with Gasteiger partial charge in [0.15, 0.2) is 0 Å². The summed E-state index contributed by atoms with van der Waals surface area (Å²) in [7, 11) is 0. The molecule has 0 aliphatic carbocycles. The fourth-order valence-corrected chi connectivity index (χ4v) is 2.11. The van der Waals surface area contributed by atoms with Gasteiger partial charge in [0.1, 0.15) is 23.4 Å². The Balaban J connectivity index is 1.66. The second-order valence-electron chi connectivity index (χ2n) is 4.96. The zero-order valence-corrected chi connectivity index (χ0v) is 11.9. The number of fused-ring (bicyclic) bond motifs is 1. The van der Waals surface area contributed by atoms with Crippen molar-refractivity contribution in [2.75, 3.05) is 0 Å². The quantitative estimate of drug-likeness (QED) is 0.756. The van der Waals surface area contributed by atoms with Gasteiger partial charge in [0.05, 0.1) is 6.04 Å². The summed E-state index contributed by atoms with van der Waals surface area (Å²) in [6, 6.07) is 7.33. The molecule has 2 aromatic heterocycles. The summed E-state index contributed by atoms with van der Waals surface area (Å²) in [6.07, 6.45) is 1.74. The number of carbonyl (C=O) groups is 1. The molecule has 0 fully saturated rings. The summed E-state index contributed by atoms with van der Waals surface area (Å²) in [5.41, 5.74) is 2.52. The molecular weight excluding hydrogens is 268 g/mol. The summed E-state index contributed by atoms with van der Waals surface area (Å²) in [6.45, 7) is 3.88. The SMILES string of the molecule is Cc1cnc([C@@H](C)NC(=O)Cn2nc3ccccc3n2)[nH]1. The van der Waals surface area contributed by atoms with Crippen LogP contribution in [0.2, 0.25) is 0 Å². The summed E-state index contributed by atoms with van der Waals surface area (Å²) in [4.78, 5) is 20.7. The molecule has 0 bridgehead atoms. The second-order valence-corrected chi connectivity index (χ2v) is 4.96. The van der Waals surface area contributed by atoms with Gasteiger partial charge in [-0.05, 0) is 26.0 Å². The number of aromatic amines is 1. The highest BCUT2D eigenvalue weighted by molar-refractivity contribution is 5.77. The Morgan fingerprint density at radius 2 is 2.00 bits per heavy atom. The number of nitrogens with one attached hydrogen (secondary N) is 2. The monoisotopic (exact) mass is 284 g/mol. The highest BCUT2D eigenvalue weighted by Gasteiger charge is 2.13. The molecule has 0 radical (unpaired) electrons. The van der Waals surface area contributed by atoms with Crippen molar-refractivity contribution < 1.29 is 4.79 Å². The third kappa shape index (κ3) is 2.91. The van der Waals surface area contributed by atoms with Crippen molar-refractivity contribution in [3.8, 4) is 0 Å². The van der Waals surface area contributed by atoms with Crippen LogP contribution < -0.4 is 5.32 Å². The smallest absolute Gasteiger partial charge is 0.244 e. The van der Waals surface area contributed by atoms with Gasteiger partial charge >= 0.3 is 0 Å². The van der Waals surface area contributed by atoms with Crippen LogP contribution in [0.3, 0.4) is 0 Å². The maximum absolute atomic E-state index is 12.0. The molecule has 2 heterocycles. The molecule has 2 N–H and O–H groups in total. The summed E-state index contributed by atoms with van der Waals surface area (Å²) < 4.78 is 0. The predicted molar refractivity (Wildman–Crippen MR) is 77.4 cm³/mol. The Hall–Kier alpha value is -2.70. The lowest BCUT2D eigenvalue weighted by Gasteiger charge is -2.10. The number of rotatable bonds is 4. The third-order valence-electron chi connectivity index (χ3n) is 3.12. The molecule has 1 atom stereocenters. The van der Waals surface area contributed by atoms with E-state index in [4.69, 9.17) is 0 Å². The Kier molecular flexibility index (Phi) is 3.39. The second kappa shape index (κ2) is 5.35. The number of H-pyrrole nitrogens is 1. The van der Waals surface area contributed by atoms with E-state index < -0.39 is 0 Å². The summed E-state index contributed by atoms with van der Waals surface area (Å²) in [5, 5.41) is 11.4. The molecule has 0 aliphatic heterocycles. The predicted octanol–water partition coefficient (Wildman–Crippen LogP) is 1.34. The van der Waals surface area contributed by atoms with Gasteiger partial charge in [-0.2, -0.15) is 15.0 Å². The van der Waals surface area contributed by atoms with E-state index in [1.54, 1.807) is 6.20 Å². The number of aromatic nitrogens is 5. The van der Waals surface area contributed by atoms with Gasteiger partial charge in [-0.3, -0.25) is 4.79 Å². The molecule has 7 heteroatoms. The van der Waals surface area contributed by atoms with Crippen LogP contribution in [-0.4, -0.2) is 30.9 Å². The number of amides is 1. The normalized spacial score (nSPS) is 12.5. The molecule has 108 valence electrons. The first kappa shape index (κ1) is 13.3. The molecule has 21 heavy (non-hydrogen) atoms. The molecule has 0 saturated heterocycles. The number of imidazole rings is 1. The van der Waals surface area contributed by atoms with E-state index in [0.29, 0.717) is 0 Å². The van der Waals surface area contributed by atoms with Gasteiger partial charge in [-0.15, -0.1) is 0 Å². The van der Waals surface area contributed by atoms with Crippen molar-refractivity contribution in [3.63, 3.8) is 0 Å². The van der Waals surface area contributed by atoms with Crippen LogP contribution in [-0.2, 0) is 11.3 Å². The van der Waals surface area contributed by atoms with Crippen molar-refractivity contribution in [2.45, 2.75) is 26.4 Å². The van der Waals surface area contributed by atoms with Crippen molar-refractivity contribution in [2.24, 2.45) is 0 Å². The zero-order chi connectivity index (χ0) is 14.8. The first-order chi connectivity index (χ1) is 10.1. The molecule has 3 aromatic rings. The minimum Gasteiger partial charge on any atom is -0.345 e. The highest BCUT2D eigenvalue weighted by Crippen LogP contribution is 2.09. The van der Waals surface area contributed by atoms with Crippen molar-refractivity contribution >= 4 is 16.9 Å². The fourth-order valence-electron chi connectivity index (χ4n) is 2.11. The average molecular weight is 284 g/mol. The van der Waals surface area contributed by atoms with Crippen LogP contribution in [0.25, 0.3) is 11.0 Å². The largest absolute Gasteiger partial charge is 0.345 e. The molecule has 0 unspecified atom stereocenters. The van der Waals surface area contributed by atoms with Gasteiger partial charge in [0.25, 0.3) is 0 Å². The van der Waals surface area contributed by atoms with Crippen LogP contribution in [0.15, 0.2) is 30.5 Å². The zero-order valence-electron chi connectivity index (χ0n) is 11.9. The van der Waals surface area contributed by atoms with E-state index >= 15 is 0 Å². The van der Waals surface area contributed by atoms with Crippen LogP contribution in [0.4, 0.5) is 0 Å². The number of nitrogens with zero attached hydrogens (tertiary/aromatic N) is 4. The molecule has 7 nitrogen and oxygen atoms in total. The lowest BCUT2D eigenvalue weighted by molar-refractivity contribution is -0.122. The lowest BCUT2D eigenvalue weighted by Crippen LogP contribution is -2.31. The molecule has 0 aliphatic rings. The number of benzene rings is 1. The molecule has 1 aromatic carbocycles. The molecule has 0 spiro atoms. The van der Waals surface area contributed by atoms with Crippen LogP contribution >= 0.6 is 0 Å². The minimum atomic E-state index is -0.184. The van der Waals surface area contributed by atoms with E-state index in [-0.39, 0.29) is 18.5 Å². The van der Waals surface area contributed by atoms with Gasteiger partial charge in [0.2, 0.25) is 5.91 Å². The highest BCUT2D eigenvalue weighted by atomic mass is 16.2. The Labute approximate surface area is 121 Å². The average Bonchev–Trinajstić information content (AvgIpc) is 3.03. The van der Waals surface area contributed by atoms with Crippen molar-refractivity contribution in [1.82, 2.24) is 30.3 Å². The van der Waals surface area contributed by atoms with Crippen LogP contribution in [0.5, 0.6) is 0 Å². The number of aryl methyl sites for hydroxylation is 1.